The third kappa shape index (κ3) is 3.25. The Bertz CT molecular complexity index is 355. The Labute approximate surface area is 94.4 Å². The van der Waals surface area contributed by atoms with Crippen LogP contribution in [0.15, 0.2) is 12.1 Å². The van der Waals surface area contributed by atoms with Crippen molar-refractivity contribution in [2.45, 2.75) is 25.8 Å². The zero-order valence-electron chi connectivity index (χ0n) is 9.59. The number of benzene rings is 1. The van der Waals surface area contributed by atoms with Gasteiger partial charge in [0.05, 0.1) is 0 Å². The molecular weight excluding hydrogens is 212 g/mol. The molecule has 0 fully saturated rings. The van der Waals surface area contributed by atoms with Crippen LogP contribution in [-0.4, -0.2) is 13.7 Å². The molecule has 1 rings (SSSR count). The van der Waals surface area contributed by atoms with Crippen molar-refractivity contribution in [2.75, 3.05) is 13.7 Å². The fraction of sp³-hybridized carbons (Fsp3) is 0.500. The van der Waals surface area contributed by atoms with Gasteiger partial charge in [-0.05, 0) is 31.4 Å². The second-order valence-electron chi connectivity index (χ2n) is 3.86. The molecule has 0 saturated heterocycles. The number of nitrogens with two attached hydrogens (primary N) is 1. The number of rotatable bonds is 5. The second-order valence-corrected chi connectivity index (χ2v) is 3.86. The highest BCUT2D eigenvalue weighted by molar-refractivity contribution is 5.27. The highest BCUT2D eigenvalue weighted by Gasteiger charge is 2.13. The molecule has 0 saturated carbocycles. The molecule has 1 aromatic rings. The van der Waals surface area contributed by atoms with E-state index in [0.717, 1.165) is 12.5 Å². The van der Waals surface area contributed by atoms with Crippen LogP contribution in [0.3, 0.4) is 0 Å². The lowest BCUT2D eigenvalue weighted by molar-refractivity contribution is 0.190. The van der Waals surface area contributed by atoms with Crippen LogP contribution in [0, 0.1) is 18.6 Å². The van der Waals surface area contributed by atoms with Gasteiger partial charge in [0.25, 0.3) is 0 Å². The molecule has 1 aromatic carbocycles. The highest BCUT2D eigenvalue weighted by atomic mass is 19.1. The van der Waals surface area contributed by atoms with E-state index < -0.39 is 17.7 Å². The van der Waals surface area contributed by atoms with Gasteiger partial charge in [-0.1, -0.05) is 0 Å². The molecule has 0 bridgehead atoms. The number of hydrogen-bond donors (Lipinski definition) is 1. The van der Waals surface area contributed by atoms with Crippen molar-refractivity contribution in [3.63, 3.8) is 0 Å². The molecule has 0 aliphatic rings. The van der Waals surface area contributed by atoms with E-state index in [0.29, 0.717) is 24.2 Å². The van der Waals surface area contributed by atoms with E-state index in [1.54, 1.807) is 14.0 Å². The number of hydrogen-bond acceptors (Lipinski definition) is 2. The number of aryl methyl sites for hydroxylation is 1. The minimum absolute atomic E-state index is 0.370. The van der Waals surface area contributed by atoms with Crippen LogP contribution in [0.5, 0.6) is 0 Å². The third-order valence-electron chi connectivity index (χ3n) is 2.54. The third-order valence-corrected chi connectivity index (χ3v) is 2.54. The van der Waals surface area contributed by atoms with Gasteiger partial charge in [0, 0.05) is 31.4 Å². The van der Waals surface area contributed by atoms with E-state index in [9.17, 15) is 8.78 Å². The van der Waals surface area contributed by atoms with Crippen LogP contribution in [-0.2, 0) is 4.74 Å². The minimum Gasteiger partial charge on any atom is -0.385 e. The van der Waals surface area contributed by atoms with Gasteiger partial charge >= 0.3 is 0 Å². The zero-order chi connectivity index (χ0) is 12.1. The maximum atomic E-state index is 13.4. The minimum atomic E-state index is -0.576. The van der Waals surface area contributed by atoms with E-state index in [1.165, 1.54) is 6.07 Å². The number of halogens is 2. The number of ether oxygens (including phenoxy) is 1. The summed E-state index contributed by atoms with van der Waals surface area (Å²) in [5.41, 5.74) is 6.62. The topological polar surface area (TPSA) is 35.2 Å². The standard InChI is InChI=1S/C12H17F2NO/c1-8-6-9(11(14)7-10(8)13)12(15)4-3-5-16-2/h6-7,12H,3-5,15H2,1-2H3. The van der Waals surface area contributed by atoms with Gasteiger partial charge in [0.2, 0.25) is 0 Å². The number of methoxy groups -OCH3 is 1. The summed E-state index contributed by atoms with van der Waals surface area (Å²) in [6.07, 6.45) is 1.38. The Morgan fingerprint density at radius 1 is 1.31 bits per heavy atom. The summed E-state index contributed by atoms with van der Waals surface area (Å²) in [5, 5.41) is 0. The molecule has 90 valence electrons. The highest BCUT2D eigenvalue weighted by Crippen LogP contribution is 2.22. The van der Waals surface area contributed by atoms with Crippen LogP contribution in [0.2, 0.25) is 0 Å². The second kappa shape index (κ2) is 5.92. The molecular formula is C12H17F2NO. The Morgan fingerprint density at radius 3 is 2.62 bits per heavy atom. The van der Waals surface area contributed by atoms with E-state index in [2.05, 4.69) is 0 Å². The first-order valence-corrected chi connectivity index (χ1v) is 5.26. The summed E-state index contributed by atoms with van der Waals surface area (Å²) in [6, 6.07) is 1.96. The lowest BCUT2D eigenvalue weighted by Gasteiger charge is -2.13. The van der Waals surface area contributed by atoms with Crippen molar-refractivity contribution in [1.29, 1.82) is 0 Å². The van der Waals surface area contributed by atoms with Crippen LogP contribution < -0.4 is 5.73 Å². The first-order chi connectivity index (χ1) is 7.56. The monoisotopic (exact) mass is 229 g/mol. The lowest BCUT2D eigenvalue weighted by atomic mass is 10.0. The average Bonchev–Trinajstić information content (AvgIpc) is 2.23. The molecule has 16 heavy (non-hydrogen) atoms. The predicted octanol–water partition coefficient (Wildman–Crippen LogP) is 2.70. The van der Waals surface area contributed by atoms with Crippen molar-refractivity contribution in [3.05, 3.63) is 34.9 Å². The van der Waals surface area contributed by atoms with Crippen LogP contribution in [0.4, 0.5) is 8.78 Å². The molecule has 0 radical (unpaired) electrons. The van der Waals surface area contributed by atoms with Crippen LogP contribution in [0.1, 0.15) is 30.0 Å². The van der Waals surface area contributed by atoms with E-state index >= 15 is 0 Å². The Hall–Kier alpha value is -1.00. The summed E-state index contributed by atoms with van der Waals surface area (Å²) >= 11 is 0. The Morgan fingerprint density at radius 2 is 2.00 bits per heavy atom. The summed E-state index contributed by atoms with van der Waals surface area (Å²) in [4.78, 5) is 0. The normalized spacial score (nSPS) is 12.8. The van der Waals surface area contributed by atoms with Gasteiger partial charge in [-0.25, -0.2) is 8.78 Å². The molecule has 1 unspecified atom stereocenters. The average molecular weight is 229 g/mol. The van der Waals surface area contributed by atoms with Crippen LogP contribution in [0.25, 0.3) is 0 Å². The molecule has 4 heteroatoms. The van der Waals surface area contributed by atoms with Crippen molar-refractivity contribution < 1.29 is 13.5 Å². The molecule has 0 amide bonds. The maximum Gasteiger partial charge on any atom is 0.130 e. The molecule has 0 heterocycles. The molecule has 0 aliphatic carbocycles. The first-order valence-electron chi connectivity index (χ1n) is 5.26. The SMILES string of the molecule is COCCCC(N)c1cc(C)c(F)cc1F. The summed E-state index contributed by atoms with van der Waals surface area (Å²) in [5.74, 6) is -1.11. The summed E-state index contributed by atoms with van der Waals surface area (Å²) < 4.78 is 31.4. The van der Waals surface area contributed by atoms with Gasteiger partial charge in [-0.2, -0.15) is 0 Å². The zero-order valence-corrected chi connectivity index (χ0v) is 9.59. The van der Waals surface area contributed by atoms with E-state index in [4.69, 9.17) is 10.5 Å². The van der Waals surface area contributed by atoms with Gasteiger partial charge in [0.15, 0.2) is 0 Å². The first kappa shape index (κ1) is 13.1. The molecule has 0 aliphatic heterocycles. The van der Waals surface area contributed by atoms with Gasteiger partial charge in [-0.3, -0.25) is 0 Å². The summed E-state index contributed by atoms with van der Waals surface area (Å²) in [7, 11) is 1.61. The van der Waals surface area contributed by atoms with Crippen molar-refractivity contribution in [2.24, 2.45) is 5.73 Å². The van der Waals surface area contributed by atoms with Gasteiger partial charge in [-0.15, -0.1) is 0 Å². The predicted molar refractivity (Wildman–Crippen MR) is 59.1 cm³/mol. The molecule has 2 N–H and O–H groups in total. The molecule has 0 aromatic heterocycles. The Kier molecular flexibility index (Phi) is 4.83. The van der Waals surface area contributed by atoms with Crippen LogP contribution >= 0.6 is 0 Å². The largest absolute Gasteiger partial charge is 0.385 e. The Balaban J connectivity index is 2.75. The summed E-state index contributed by atoms with van der Waals surface area (Å²) in [6.45, 7) is 2.19. The fourth-order valence-electron chi connectivity index (χ4n) is 1.57. The van der Waals surface area contributed by atoms with Gasteiger partial charge in [0.1, 0.15) is 11.6 Å². The van der Waals surface area contributed by atoms with Crippen molar-refractivity contribution >= 4 is 0 Å². The van der Waals surface area contributed by atoms with E-state index in [1.807, 2.05) is 0 Å². The molecule has 2 nitrogen and oxygen atoms in total. The maximum absolute atomic E-state index is 13.4. The van der Waals surface area contributed by atoms with Gasteiger partial charge < -0.3 is 10.5 Å². The molecule has 1 atom stereocenters. The quantitative estimate of drug-likeness (QED) is 0.788. The molecule has 0 spiro atoms. The van der Waals surface area contributed by atoms with E-state index in [-0.39, 0.29) is 0 Å². The fourth-order valence-corrected chi connectivity index (χ4v) is 1.57. The smallest absolute Gasteiger partial charge is 0.130 e. The lowest BCUT2D eigenvalue weighted by Crippen LogP contribution is -2.13. The van der Waals surface area contributed by atoms with Crippen molar-refractivity contribution in [3.8, 4) is 0 Å². The van der Waals surface area contributed by atoms with Crippen molar-refractivity contribution in [1.82, 2.24) is 0 Å².